The summed E-state index contributed by atoms with van der Waals surface area (Å²) in [6.45, 7) is 3.45. The van der Waals surface area contributed by atoms with Crippen molar-refractivity contribution in [2.75, 3.05) is 0 Å². The highest BCUT2D eigenvalue weighted by Gasteiger charge is 2.21. The third-order valence-corrected chi connectivity index (χ3v) is 5.24. The monoisotopic (exact) mass is 434 g/mol. The molecule has 0 fully saturated rings. The zero-order chi connectivity index (χ0) is 22.3. The second-order valence-electron chi connectivity index (χ2n) is 6.47. The average molecular weight is 435 g/mol. The van der Waals surface area contributed by atoms with Crippen molar-refractivity contribution in [3.63, 3.8) is 0 Å². The molecule has 2 rings (SSSR count). The molecule has 0 aliphatic heterocycles. The minimum Gasteiger partial charge on any atom is -0.272 e. The molecule has 6 nitrogen and oxygen atoms in total. The number of nitrogens with one attached hydrogen (secondary N) is 2. The molecule has 2 amide bonds. The topological polar surface area (TPSA) is 82.9 Å². The number of carbonyl (C=O) groups is 2. The van der Waals surface area contributed by atoms with Crippen molar-refractivity contribution in [2.24, 2.45) is 10.2 Å². The lowest BCUT2D eigenvalue weighted by Crippen LogP contribution is -2.33. The molecule has 0 unspecified atom stereocenters. The van der Waals surface area contributed by atoms with E-state index in [1.54, 1.807) is 26.0 Å². The Morgan fingerprint density at radius 2 is 1.13 bits per heavy atom. The Morgan fingerprint density at radius 1 is 0.742 bits per heavy atom. The zero-order valence-corrected chi connectivity index (χ0v) is 18.3. The first kappa shape index (κ1) is 23.8. The first-order valence-electron chi connectivity index (χ1n) is 9.81. The van der Waals surface area contributed by atoms with E-state index in [2.05, 4.69) is 21.1 Å². The summed E-state index contributed by atoms with van der Waals surface area (Å²) in [4.78, 5) is 24.3. The van der Waals surface area contributed by atoms with Crippen LogP contribution in [0.2, 0.25) is 0 Å². The first-order valence-corrected chi connectivity index (χ1v) is 10.8. The van der Waals surface area contributed by atoms with Crippen molar-refractivity contribution >= 4 is 48.2 Å². The molecule has 0 bridgehead atoms. The summed E-state index contributed by atoms with van der Waals surface area (Å²) in [7, 11) is 0. The second kappa shape index (κ2) is 13.7. The largest absolute Gasteiger partial charge is 0.272 e. The number of amides is 2. The van der Waals surface area contributed by atoms with Gasteiger partial charge in [0.25, 0.3) is 11.8 Å². The van der Waals surface area contributed by atoms with Crippen LogP contribution in [-0.4, -0.2) is 34.7 Å². The summed E-state index contributed by atoms with van der Waals surface area (Å²) >= 11 is 1.23. The summed E-state index contributed by atoms with van der Waals surface area (Å²) in [5.41, 5.74) is 7.04. The van der Waals surface area contributed by atoms with Crippen LogP contribution in [0.3, 0.4) is 0 Å². The first-order chi connectivity index (χ1) is 15.1. The lowest BCUT2D eigenvalue weighted by Gasteiger charge is -2.14. The molecule has 2 atom stereocenters. The van der Waals surface area contributed by atoms with Crippen molar-refractivity contribution in [3.8, 4) is 0 Å². The Morgan fingerprint density at radius 3 is 1.52 bits per heavy atom. The molecule has 2 N–H and O–H groups in total. The zero-order valence-electron chi connectivity index (χ0n) is 17.5. The standard InChI is InChI=1S/C24H26N4O2S/c1-19(23(29)27-25-17-9-15-21-11-5-3-6-12-21)31-20(2)24(30)28-26-18-10-16-22-13-7-4-8-14-22/h3-20H,1-2H3,(H,27,29)(H,28,30)/b15-9-,16-10+,25-17+,26-18+/t19-,20-/m0/s1. The van der Waals surface area contributed by atoms with Crippen LogP contribution in [0.1, 0.15) is 25.0 Å². The van der Waals surface area contributed by atoms with Crippen LogP contribution >= 0.6 is 11.8 Å². The molecular formula is C24H26N4O2S. The fourth-order valence-electron chi connectivity index (χ4n) is 2.34. The van der Waals surface area contributed by atoms with Crippen molar-refractivity contribution in [3.05, 3.63) is 83.9 Å². The normalized spacial score (nSPS) is 13.7. The van der Waals surface area contributed by atoms with Gasteiger partial charge in [0.1, 0.15) is 0 Å². The van der Waals surface area contributed by atoms with E-state index in [9.17, 15) is 9.59 Å². The highest BCUT2D eigenvalue weighted by Crippen LogP contribution is 2.17. The quantitative estimate of drug-likeness (QED) is 0.436. The van der Waals surface area contributed by atoms with Gasteiger partial charge < -0.3 is 0 Å². The lowest BCUT2D eigenvalue weighted by molar-refractivity contribution is -0.120. The van der Waals surface area contributed by atoms with E-state index in [1.807, 2.05) is 72.8 Å². The number of hydrazone groups is 2. The van der Waals surface area contributed by atoms with Gasteiger partial charge in [0.15, 0.2) is 0 Å². The maximum atomic E-state index is 12.1. The number of hydrogen-bond donors (Lipinski definition) is 2. The van der Waals surface area contributed by atoms with Crippen LogP contribution in [0.4, 0.5) is 0 Å². The van der Waals surface area contributed by atoms with Crippen molar-refractivity contribution < 1.29 is 9.59 Å². The van der Waals surface area contributed by atoms with Gasteiger partial charge in [-0.25, -0.2) is 10.9 Å². The Balaban J connectivity index is 1.69. The molecule has 0 heterocycles. The molecule has 0 saturated heterocycles. The molecule has 0 aliphatic rings. The fourth-order valence-corrected chi connectivity index (χ4v) is 3.30. The summed E-state index contributed by atoms with van der Waals surface area (Å²) in [6, 6.07) is 19.6. The fraction of sp³-hybridized carbons (Fsp3) is 0.167. The average Bonchev–Trinajstić information content (AvgIpc) is 2.79. The summed E-state index contributed by atoms with van der Waals surface area (Å²) in [6.07, 6.45) is 10.3. The van der Waals surface area contributed by atoms with E-state index in [4.69, 9.17) is 0 Å². The third kappa shape index (κ3) is 9.73. The van der Waals surface area contributed by atoms with Gasteiger partial charge in [-0.2, -0.15) is 10.2 Å². The minimum atomic E-state index is -0.446. The van der Waals surface area contributed by atoms with Crippen LogP contribution in [-0.2, 0) is 9.59 Å². The van der Waals surface area contributed by atoms with Crippen LogP contribution < -0.4 is 10.9 Å². The number of carbonyl (C=O) groups excluding carboxylic acids is 2. The molecule has 0 radical (unpaired) electrons. The minimum absolute atomic E-state index is 0.275. The molecular weight excluding hydrogens is 408 g/mol. The molecule has 0 saturated carbocycles. The van der Waals surface area contributed by atoms with E-state index >= 15 is 0 Å². The number of hydrogen-bond acceptors (Lipinski definition) is 5. The van der Waals surface area contributed by atoms with Gasteiger partial charge in [-0.3, -0.25) is 9.59 Å². The maximum Gasteiger partial charge on any atom is 0.252 e. The van der Waals surface area contributed by atoms with Gasteiger partial charge in [-0.1, -0.05) is 72.8 Å². The molecule has 31 heavy (non-hydrogen) atoms. The molecule has 0 aromatic heterocycles. The third-order valence-electron chi connectivity index (χ3n) is 3.99. The van der Waals surface area contributed by atoms with E-state index in [0.717, 1.165) is 11.1 Å². The molecule has 0 aliphatic carbocycles. The highest BCUT2D eigenvalue weighted by molar-refractivity contribution is 8.01. The van der Waals surface area contributed by atoms with Crippen LogP contribution in [0, 0.1) is 0 Å². The van der Waals surface area contributed by atoms with Crippen LogP contribution in [0.5, 0.6) is 0 Å². The van der Waals surface area contributed by atoms with Crippen LogP contribution in [0.15, 0.2) is 83.0 Å². The van der Waals surface area contributed by atoms with Crippen molar-refractivity contribution in [1.29, 1.82) is 0 Å². The molecule has 0 spiro atoms. The smallest absolute Gasteiger partial charge is 0.252 e. The van der Waals surface area contributed by atoms with Crippen LogP contribution in [0.25, 0.3) is 12.2 Å². The maximum absolute atomic E-state index is 12.1. The summed E-state index contributed by atoms with van der Waals surface area (Å²) in [5, 5.41) is 6.90. The number of allylic oxidation sites excluding steroid dienone is 2. The van der Waals surface area contributed by atoms with E-state index < -0.39 is 10.5 Å². The number of thioether (sulfide) groups is 1. The second-order valence-corrected chi connectivity index (χ2v) is 8.15. The number of benzene rings is 2. The molecule has 160 valence electrons. The Labute approximate surface area is 187 Å². The predicted molar refractivity (Wildman–Crippen MR) is 131 cm³/mol. The Bertz CT molecular complexity index is 863. The molecule has 7 heteroatoms. The van der Waals surface area contributed by atoms with Crippen molar-refractivity contribution in [1.82, 2.24) is 10.9 Å². The van der Waals surface area contributed by atoms with Gasteiger partial charge in [-0.15, -0.1) is 11.8 Å². The SMILES string of the molecule is C[C@H](S[C@@H](C)C(=O)N/N=C/C=C/c1ccccc1)C(=O)N/N=C/C=C\c1ccccc1. The van der Waals surface area contributed by atoms with E-state index in [-0.39, 0.29) is 11.8 Å². The Kier molecular flexibility index (Phi) is 10.5. The van der Waals surface area contributed by atoms with Gasteiger partial charge in [0.2, 0.25) is 0 Å². The predicted octanol–water partition coefficient (Wildman–Crippen LogP) is 4.13. The summed E-state index contributed by atoms with van der Waals surface area (Å²) in [5.74, 6) is -0.549. The van der Waals surface area contributed by atoms with E-state index in [0.29, 0.717) is 0 Å². The van der Waals surface area contributed by atoms with Crippen molar-refractivity contribution in [2.45, 2.75) is 24.3 Å². The highest BCUT2D eigenvalue weighted by atomic mass is 32.2. The van der Waals surface area contributed by atoms with Gasteiger partial charge in [0, 0.05) is 12.4 Å². The molecule has 2 aromatic rings. The van der Waals surface area contributed by atoms with Gasteiger partial charge >= 0.3 is 0 Å². The van der Waals surface area contributed by atoms with E-state index in [1.165, 1.54) is 24.2 Å². The Hall–Kier alpha value is -3.45. The molecule has 2 aromatic carbocycles. The number of rotatable bonds is 10. The van der Waals surface area contributed by atoms with Gasteiger partial charge in [-0.05, 0) is 37.1 Å². The number of nitrogens with zero attached hydrogens (tertiary/aromatic N) is 2. The van der Waals surface area contributed by atoms with Gasteiger partial charge in [0.05, 0.1) is 10.5 Å². The summed E-state index contributed by atoms with van der Waals surface area (Å²) < 4.78 is 0. The lowest BCUT2D eigenvalue weighted by atomic mass is 10.2.